The summed E-state index contributed by atoms with van der Waals surface area (Å²) in [5.74, 6) is -1.11. The average Bonchev–Trinajstić information content (AvgIpc) is 2.25. The van der Waals surface area contributed by atoms with E-state index in [1.807, 2.05) is 6.07 Å². The van der Waals surface area contributed by atoms with Crippen molar-refractivity contribution < 1.29 is 14.5 Å². The SMILES string of the molecule is CC(C)C(N[S+]([O-])c1ccccc1)C(=O)O. The van der Waals surface area contributed by atoms with Crippen LogP contribution >= 0.6 is 0 Å². The molecule has 1 aromatic rings. The smallest absolute Gasteiger partial charge is 0.325 e. The molecular formula is C11H15NO3S. The molecule has 1 aromatic carbocycles. The first-order valence-corrected chi connectivity index (χ1v) is 6.13. The van der Waals surface area contributed by atoms with E-state index >= 15 is 0 Å². The number of carboxylic acid groups (broad SMARTS) is 1. The first-order valence-electron chi connectivity index (χ1n) is 4.98. The first kappa shape index (κ1) is 13.0. The molecule has 1 rings (SSSR count). The van der Waals surface area contributed by atoms with E-state index in [0.29, 0.717) is 4.90 Å². The van der Waals surface area contributed by atoms with Gasteiger partial charge in [0.05, 0.1) is 11.4 Å². The maximum Gasteiger partial charge on any atom is 0.325 e. The maximum absolute atomic E-state index is 11.8. The third-order valence-corrected chi connectivity index (χ3v) is 3.29. The number of carbonyl (C=O) groups is 1. The summed E-state index contributed by atoms with van der Waals surface area (Å²) in [7, 11) is 0. The van der Waals surface area contributed by atoms with Crippen LogP contribution in [0.3, 0.4) is 0 Å². The summed E-state index contributed by atoms with van der Waals surface area (Å²) in [5.41, 5.74) is 0. The third-order valence-electron chi connectivity index (χ3n) is 2.12. The molecule has 0 saturated carbocycles. The zero-order chi connectivity index (χ0) is 12.1. The lowest BCUT2D eigenvalue weighted by Crippen LogP contribution is -2.44. The quantitative estimate of drug-likeness (QED) is 0.764. The summed E-state index contributed by atoms with van der Waals surface area (Å²) in [6, 6.07) is 7.93. The van der Waals surface area contributed by atoms with E-state index in [9.17, 15) is 9.35 Å². The van der Waals surface area contributed by atoms with Crippen molar-refractivity contribution in [1.82, 2.24) is 4.72 Å². The summed E-state index contributed by atoms with van der Waals surface area (Å²) in [4.78, 5) is 11.5. The summed E-state index contributed by atoms with van der Waals surface area (Å²) in [5, 5.41) is 8.94. The molecule has 0 bridgehead atoms. The van der Waals surface area contributed by atoms with Gasteiger partial charge in [0.25, 0.3) is 0 Å². The van der Waals surface area contributed by atoms with Gasteiger partial charge in [-0.3, -0.25) is 4.79 Å². The molecule has 16 heavy (non-hydrogen) atoms. The van der Waals surface area contributed by atoms with Crippen LogP contribution in [0.1, 0.15) is 13.8 Å². The Hall–Kier alpha value is -1.04. The summed E-state index contributed by atoms with van der Waals surface area (Å²) in [6.07, 6.45) is 0. The topological polar surface area (TPSA) is 72.4 Å². The van der Waals surface area contributed by atoms with Gasteiger partial charge in [-0.15, -0.1) is 4.72 Å². The number of hydrogen-bond donors (Lipinski definition) is 2. The normalized spacial score (nSPS) is 14.8. The van der Waals surface area contributed by atoms with E-state index in [4.69, 9.17) is 5.11 Å². The zero-order valence-electron chi connectivity index (χ0n) is 9.21. The summed E-state index contributed by atoms with van der Waals surface area (Å²) < 4.78 is 14.4. The molecule has 0 aliphatic carbocycles. The van der Waals surface area contributed by atoms with Gasteiger partial charge in [-0.2, -0.15) is 0 Å². The molecule has 0 aliphatic rings. The van der Waals surface area contributed by atoms with Gasteiger partial charge in [-0.1, -0.05) is 32.0 Å². The fourth-order valence-corrected chi connectivity index (χ4v) is 2.34. The Morgan fingerprint density at radius 2 is 1.94 bits per heavy atom. The van der Waals surface area contributed by atoms with Crippen molar-refractivity contribution in [2.45, 2.75) is 24.8 Å². The number of benzene rings is 1. The van der Waals surface area contributed by atoms with Gasteiger partial charge in [0.1, 0.15) is 0 Å². The first-order chi connectivity index (χ1) is 7.52. The van der Waals surface area contributed by atoms with Gasteiger partial charge in [0, 0.05) is 0 Å². The fourth-order valence-electron chi connectivity index (χ4n) is 1.20. The molecular weight excluding hydrogens is 226 g/mol. The highest BCUT2D eigenvalue weighted by molar-refractivity contribution is 7.89. The van der Waals surface area contributed by atoms with Gasteiger partial charge in [-0.25, -0.2) is 0 Å². The predicted molar refractivity (Wildman–Crippen MR) is 62.2 cm³/mol. The van der Waals surface area contributed by atoms with E-state index in [2.05, 4.69) is 4.72 Å². The van der Waals surface area contributed by atoms with Crippen LogP contribution in [0.5, 0.6) is 0 Å². The predicted octanol–water partition coefficient (Wildman–Crippen LogP) is 1.41. The van der Waals surface area contributed by atoms with Crippen LogP contribution in [-0.4, -0.2) is 21.7 Å². The molecule has 0 aliphatic heterocycles. The molecule has 0 saturated heterocycles. The lowest BCUT2D eigenvalue weighted by atomic mass is 10.1. The van der Waals surface area contributed by atoms with Gasteiger partial charge in [0.15, 0.2) is 10.9 Å². The standard InChI is InChI=1S/C11H15NO3S/c1-8(2)10(11(13)14)12-16(15)9-6-4-3-5-7-9/h3-8,10,12H,1-2H3,(H,13,14). The van der Waals surface area contributed by atoms with Crippen molar-refractivity contribution in [3.8, 4) is 0 Å². The molecule has 2 unspecified atom stereocenters. The Kier molecular flexibility index (Phi) is 4.79. The number of rotatable bonds is 5. The minimum Gasteiger partial charge on any atom is -0.593 e. The zero-order valence-corrected chi connectivity index (χ0v) is 10.0. The highest BCUT2D eigenvalue weighted by atomic mass is 32.2. The van der Waals surface area contributed by atoms with Crippen LogP contribution in [0.4, 0.5) is 0 Å². The Bertz CT molecular complexity index is 342. The van der Waals surface area contributed by atoms with Gasteiger partial charge < -0.3 is 9.66 Å². The van der Waals surface area contributed by atoms with Crippen molar-refractivity contribution in [3.05, 3.63) is 30.3 Å². The van der Waals surface area contributed by atoms with Crippen molar-refractivity contribution in [2.24, 2.45) is 5.92 Å². The van der Waals surface area contributed by atoms with Crippen LogP contribution in [0.2, 0.25) is 0 Å². The minimum atomic E-state index is -1.49. The third kappa shape index (κ3) is 3.52. The number of hydrogen-bond acceptors (Lipinski definition) is 3. The van der Waals surface area contributed by atoms with Crippen molar-refractivity contribution >= 4 is 17.3 Å². The highest BCUT2D eigenvalue weighted by Gasteiger charge is 2.27. The largest absolute Gasteiger partial charge is 0.593 e. The van der Waals surface area contributed by atoms with Gasteiger partial charge >= 0.3 is 5.97 Å². The van der Waals surface area contributed by atoms with Crippen molar-refractivity contribution in [3.63, 3.8) is 0 Å². The lowest BCUT2D eigenvalue weighted by Gasteiger charge is -2.19. The van der Waals surface area contributed by atoms with Crippen LogP contribution in [0, 0.1) is 5.92 Å². The van der Waals surface area contributed by atoms with E-state index in [-0.39, 0.29) is 5.92 Å². The fraction of sp³-hybridized carbons (Fsp3) is 0.364. The molecule has 0 spiro atoms. The second-order valence-corrected chi connectivity index (χ2v) is 5.00. The summed E-state index contributed by atoms with van der Waals surface area (Å²) >= 11 is -1.49. The Morgan fingerprint density at radius 3 is 2.38 bits per heavy atom. The molecule has 0 radical (unpaired) electrons. The number of nitrogens with one attached hydrogen (secondary N) is 1. The number of carboxylic acids is 1. The average molecular weight is 241 g/mol. The van der Waals surface area contributed by atoms with Crippen LogP contribution in [-0.2, 0) is 16.2 Å². The van der Waals surface area contributed by atoms with Crippen molar-refractivity contribution in [2.75, 3.05) is 0 Å². The van der Waals surface area contributed by atoms with Gasteiger partial charge in [-0.05, 0) is 18.1 Å². The van der Waals surface area contributed by atoms with Crippen LogP contribution < -0.4 is 4.72 Å². The van der Waals surface area contributed by atoms with E-state index in [1.165, 1.54) is 0 Å². The van der Waals surface area contributed by atoms with E-state index in [0.717, 1.165) is 0 Å². The van der Waals surface area contributed by atoms with Crippen LogP contribution in [0.15, 0.2) is 35.2 Å². The second kappa shape index (κ2) is 5.89. The molecule has 2 N–H and O–H groups in total. The molecule has 2 atom stereocenters. The molecule has 0 fully saturated rings. The lowest BCUT2D eigenvalue weighted by molar-refractivity contribution is -0.140. The molecule has 88 valence electrons. The molecule has 4 nitrogen and oxygen atoms in total. The minimum absolute atomic E-state index is 0.120. The van der Waals surface area contributed by atoms with Crippen molar-refractivity contribution in [1.29, 1.82) is 0 Å². The van der Waals surface area contributed by atoms with E-state index < -0.39 is 23.4 Å². The van der Waals surface area contributed by atoms with Gasteiger partial charge in [0.2, 0.25) is 0 Å². The Balaban J connectivity index is 2.69. The van der Waals surface area contributed by atoms with E-state index in [1.54, 1.807) is 38.1 Å². The molecule has 0 amide bonds. The Morgan fingerprint density at radius 1 is 1.38 bits per heavy atom. The highest BCUT2D eigenvalue weighted by Crippen LogP contribution is 2.11. The Labute approximate surface area is 98.0 Å². The summed E-state index contributed by atoms with van der Waals surface area (Å²) in [6.45, 7) is 3.54. The molecule has 5 heteroatoms. The monoisotopic (exact) mass is 241 g/mol. The van der Waals surface area contributed by atoms with Crippen LogP contribution in [0.25, 0.3) is 0 Å². The number of aliphatic carboxylic acids is 1. The molecule has 0 aromatic heterocycles. The molecule has 0 heterocycles. The maximum atomic E-state index is 11.8. The second-order valence-electron chi connectivity index (χ2n) is 3.76.